The van der Waals surface area contributed by atoms with Crippen molar-refractivity contribution in [1.82, 2.24) is 9.47 Å². The van der Waals surface area contributed by atoms with E-state index in [1.807, 2.05) is 34.1 Å². The van der Waals surface area contributed by atoms with Gasteiger partial charge in [0.2, 0.25) is 5.91 Å². The number of fused-ring (bicyclic) bond motifs is 1. The SMILES string of the molecule is CCCCN(C(=O)CN1C[C@H](c2ccc3c(c2)CCO3)[C@@H](C(=O)O)[C@@H]1CCn1c(O)ccc1O)c1cccc(C[N+](C)(C)C)c1. The second kappa shape index (κ2) is 13.5. The number of likely N-dealkylation sites (tertiary alicyclic amines) is 1. The molecule has 1 saturated heterocycles. The van der Waals surface area contributed by atoms with Gasteiger partial charge in [0.1, 0.15) is 12.3 Å². The quantitative estimate of drug-likeness (QED) is 0.243. The summed E-state index contributed by atoms with van der Waals surface area (Å²) in [5.74, 6) is -1.46. The number of carboxylic acids is 1. The normalized spacial score (nSPS) is 19.8. The number of anilines is 1. The smallest absolute Gasteiger partial charge is 0.308 e. The molecule has 3 N–H and O–H groups in total. The summed E-state index contributed by atoms with van der Waals surface area (Å²) >= 11 is 0. The minimum Gasteiger partial charge on any atom is -0.494 e. The number of quaternary nitrogens is 1. The maximum atomic E-state index is 14.2. The summed E-state index contributed by atoms with van der Waals surface area (Å²) in [6.07, 6.45) is 2.89. The average molecular weight is 620 g/mol. The molecule has 10 heteroatoms. The molecule has 0 spiro atoms. The Morgan fingerprint density at radius 2 is 1.80 bits per heavy atom. The Balaban J connectivity index is 1.45. The lowest BCUT2D eigenvalue weighted by atomic mass is 9.83. The van der Waals surface area contributed by atoms with Gasteiger partial charge in [0.05, 0.1) is 40.2 Å². The molecule has 1 fully saturated rings. The second-order valence-electron chi connectivity index (χ2n) is 13.4. The molecular weight excluding hydrogens is 572 g/mol. The van der Waals surface area contributed by atoms with Crippen LogP contribution < -0.4 is 9.64 Å². The number of carbonyl (C=O) groups excluding carboxylic acids is 1. The number of amides is 1. The van der Waals surface area contributed by atoms with Gasteiger partial charge in [0.25, 0.3) is 0 Å². The summed E-state index contributed by atoms with van der Waals surface area (Å²) in [5, 5.41) is 31.2. The van der Waals surface area contributed by atoms with Crippen molar-refractivity contribution < 1.29 is 34.1 Å². The van der Waals surface area contributed by atoms with E-state index in [4.69, 9.17) is 4.74 Å². The maximum Gasteiger partial charge on any atom is 0.308 e. The monoisotopic (exact) mass is 619 g/mol. The van der Waals surface area contributed by atoms with Crippen molar-refractivity contribution >= 4 is 17.6 Å². The highest BCUT2D eigenvalue weighted by molar-refractivity contribution is 5.95. The van der Waals surface area contributed by atoms with E-state index < -0.39 is 17.9 Å². The van der Waals surface area contributed by atoms with Gasteiger partial charge in [-0.2, -0.15) is 0 Å². The van der Waals surface area contributed by atoms with E-state index in [1.165, 1.54) is 16.7 Å². The van der Waals surface area contributed by atoms with Gasteiger partial charge in [0, 0.05) is 61.4 Å². The van der Waals surface area contributed by atoms with Crippen LogP contribution in [0, 0.1) is 5.92 Å². The fourth-order valence-corrected chi connectivity index (χ4v) is 6.91. The summed E-state index contributed by atoms with van der Waals surface area (Å²) in [6.45, 7) is 4.78. The van der Waals surface area contributed by atoms with E-state index in [1.54, 1.807) is 0 Å². The largest absolute Gasteiger partial charge is 0.494 e. The van der Waals surface area contributed by atoms with Crippen LogP contribution in [0.4, 0.5) is 5.69 Å². The number of unbranched alkanes of at least 4 members (excludes halogenated alkanes) is 1. The van der Waals surface area contributed by atoms with Crippen LogP contribution in [0.25, 0.3) is 0 Å². The van der Waals surface area contributed by atoms with Gasteiger partial charge >= 0.3 is 5.97 Å². The summed E-state index contributed by atoms with van der Waals surface area (Å²) in [5.41, 5.74) is 3.99. The van der Waals surface area contributed by atoms with Crippen molar-refractivity contribution in [3.05, 3.63) is 71.3 Å². The number of hydrogen-bond acceptors (Lipinski definition) is 6. The van der Waals surface area contributed by atoms with E-state index in [2.05, 4.69) is 46.3 Å². The van der Waals surface area contributed by atoms with Gasteiger partial charge in [-0.05, 0) is 42.2 Å². The number of ether oxygens (including phenoxy) is 1. The molecule has 45 heavy (non-hydrogen) atoms. The summed E-state index contributed by atoms with van der Waals surface area (Å²) in [7, 11) is 6.41. The van der Waals surface area contributed by atoms with Gasteiger partial charge in [-0.3, -0.25) is 19.1 Å². The molecule has 2 aliphatic rings. The van der Waals surface area contributed by atoms with E-state index >= 15 is 0 Å². The number of aromatic hydroxyl groups is 2. The first-order valence-electron chi connectivity index (χ1n) is 15.9. The standard InChI is InChI=1S/C35H46N4O6/c1-5-6-16-37(27-9-7-8-24(19-27)23-39(2,3)4)33(42)22-36-21-28(25-10-11-30-26(20-25)15-18-45-30)34(35(43)44)29(36)14-17-38-31(40)12-13-32(38)41/h7-13,19-20,28-29,34H,5-6,14-18,21-23H2,1-4H3,(H2-,40,41,43,44)/p+1/t28-,29+,34-/m1/s1. The topological polar surface area (TPSA) is 115 Å². The van der Waals surface area contributed by atoms with Gasteiger partial charge in [-0.1, -0.05) is 37.6 Å². The number of carbonyl (C=O) groups is 2. The fourth-order valence-electron chi connectivity index (χ4n) is 6.91. The van der Waals surface area contributed by atoms with Crippen molar-refractivity contribution in [2.75, 3.05) is 52.3 Å². The number of aromatic nitrogens is 1. The Labute approximate surface area is 265 Å². The second-order valence-corrected chi connectivity index (χ2v) is 13.4. The third-order valence-corrected chi connectivity index (χ3v) is 9.01. The van der Waals surface area contributed by atoms with Crippen LogP contribution in [0.15, 0.2) is 54.6 Å². The van der Waals surface area contributed by atoms with Crippen molar-refractivity contribution in [3.8, 4) is 17.5 Å². The Kier molecular flexibility index (Phi) is 9.74. The molecule has 0 aliphatic carbocycles. The minimum atomic E-state index is -0.923. The number of rotatable bonds is 13. The van der Waals surface area contributed by atoms with Crippen LogP contribution in [0.5, 0.6) is 17.5 Å². The molecule has 0 unspecified atom stereocenters. The lowest BCUT2D eigenvalue weighted by Crippen LogP contribution is -2.45. The Morgan fingerprint density at radius 1 is 1.04 bits per heavy atom. The number of carboxylic acid groups (broad SMARTS) is 1. The zero-order chi connectivity index (χ0) is 32.3. The van der Waals surface area contributed by atoms with Gasteiger partial charge in [-0.25, -0.2) is 0 Å². The van der Waals surface area contributed by atoms with E-state index in [9.17, 15) is 24.9 Å². The first kappa shape index (κ1) is 32.4. The van der Waals surface area contributed by atoms with Crippen LogP contribution in [0.1, 0.15) is 48.8 Å². The van der Waals surface area contributed by atoms with Crippen LogP contribution in [0.2, 0.25) is 0 Å². The molecule has 0 bridgehead atoms. The zero-order valence-corrected chi connectivity index (χ0v) is 26.9. The Bertz CT molecular complexity index is 1490. The summed E-state index contributed by atoms with van der Waals surface area (Å²) in [6, 6.07) is 16.4. The first-order valence-corrected chi connectivity index (χ1v) is 15.9. The lowest BCUT2D eigenvalue weighted by Gasteiger charge is -2.30. The van der Waals surface area contributed by atoms with Crippen molar-refractivity contribution in [1.29, 1.82) is 0 Å². The molecule has 3 atom stereocenters. The molecule has 10 nitrogen and oxygen atoms in total. The molecule has 2 aliphatic heterocycles. The van der Waals surface area contributed by atoms with E-state index in [0.29, 0.717) is 26.1 Å². The van der Waals surface area contributed by atoms with Crippen molar-refractivity contribution in [2.24, 2.45) is 5.92 Å². The highest BCUT2D eigenvalue weighted by atomic mass is 16.5. The van der Waals surface area contributed by atoms with Crippen molar-refractivity contribution in [3.63, 3.8) is 0 Å². The van der Waals surface area contributed by atoms with Crippen LogP contribution >= 0.6 is 0 Å². The summed E-state index contributed by atoms with van der Waals surface area (Å²) < 4.78 is 7.83. The van der Waals surface area contributed by atoms with Crippen LogP contribution in [0.3, 0.4) is 0 Å². The molecule has 5 rings (SSSR count). The van der Waals surface area contributed by atoms with Gasteiger partial charge in [-0.15, -0.1) is 0 Å². The van der Waals surface area contributed by atoms with Crippen molar-refractivity contribution in [2.45, 2.75) is 57.7 Å². The number of hydrogen-bond donors (Lipinski definition) is 3. The van der Waals surface area contributed by atoms with E-state index in [0.717, 1.165) is 58.4 Å². The maximum absolute atomic E-state index is 14.2. The highest BCUT2D eigenvalue weighted by Gasteiger charge is 2.47. The number of aliphatic carboxylic acids is 1. The molecule has 3 aromatic rings. The molecule has 3 heterocycles. The molecule has 1 amide bonds. The zero-order valence-electron chi connectivity index (χ0n) is 26.9. The molecule has 2 aromatic carbocycles. The molecular formula is C35H47N4O6+. The minimum absolute atomic E-state index is 0.0614. The molecule has 1 aromatic heterocycles. The highest BCUT2D eigenvalue weighted by Crippen LogP contribution is 2.41. The molecule has 0 radical (unpaired) electrons. The Morgan fingerprint density at radius 3 is 2.49 bits per heavy atom. The van der Waals surface area contributed by atoms with E-state index in [-0.39, 0.29) is 36.7 Å². The third-order valence-electron chi connectivity index (χ3n) is 9.01. The lowest BCUT2D eigenvalue weighted by molar-refractivity contribution is -0.884. The van der Waals surface area contributed by atoms with Gasteiger partial charge < -0.3 is 29.4 Å². The van der Waals surface area contributed by atoms with Crippen LogP contribution in [-0.4, -0.2) is 94.6 Å². The van der Waals surface area contributed by atoms with Crippen LogP contribution in [-0.2, 0) is 29.1 Å². The number of nitrogens with zero attached hydrogens (tertiary/aromatic N) is 4. The third kappa shape index (κ3) is 7.45. The molecule has 0 saturated carbocycles. The van der Waals surface area contributed by atoms with Gasteiger partial charge in [0.15, 0.2) is 11.8 Å². The molecule has 242 valence electrons. The average Bonchev–Trinajstić information content (AvgIpc) is 3.68. The predicted octanol–water partition coefficient (Wildman–Crippen LogP) is 4.43. The number of benzene rings is 2. The predicted molar refractivity (Wildman–Crippen MR) is 173 cm³/mol. The first-order chi connectivity index (χ1) is 21.4. The Hall–Kier alpha value is -4.02. The summed E-state index contributed by atoms with van der Waals surface area (Å²) in [4.78, 5) is 31.0. The fraction of sp³-hybridized carbons (Fsp3) is 0.486.